The molecule has 0 saturated heterocycles. The van der Waals surface area contributed by atoms with Crippen LogP contribution in [0.2, 0.25) is 0 Å². The van der Waals surface area contributed by atoms with Crippen LogP contribution >= 0.6 is 104 Å². The number of fused-ring (bicyclic) bond motifs is 2. The first-order valence-electron chi connectivity index (χ1n) is 13.0. The SMILES string of the molecule is BrCc1cc(CBr)cc(CBr)c1.BrCc1cc(CBr)cc(CSc2nc3ccccc3o2)c1.S=c1[nH]c2ccccc2o1. The molecule has 0 atom stereocenters. The van der Waals surface area contributed by atoms with E-state index in [1.807, 2.05) is 48.5 Å². The van der Waals surface area contributed by atoms with Crippen LogP contribution in [-0.4, -0.2) is 9.97 Å². The van der Waals surface area contributed by atoms with Crippen molar-refractivity contribution in [2.45, 2.75) is 37.6 Å². The molecule has 6 rings (SSSR count). The van der Waals surface area contributed by atoms with E-state index in [2.05, 4.69) is 126 Å². The minimum atomic E-state index is 0.432. The van der Waals surface area contributed by atoms with E-state index in [1.54, 1.807) is 11.8 Å². The van der Waals surface area contributed by atoms with Gasteiger partial charge in [-0.15, -0.1) is 0 Å². The number of nitrogens with zero attached hydrogens (tertiary/aromatic N) is 1. The van der Waals surface area contributed by atoms with Gasteiger partial charge in [-0.3, -0.25) is 0 Å². The highest BCUT2D eigenvalue weighted by Crippen LogP contribution is 2.27. The minimum Gasteiger partial charge on any atom is -0.431 e. The van der Waals surface area contributed by atoms with Gasteiger partial charge in [0, 0.05) is 32.4 Å². The second-order valence-corrected chi connectivity index (χ2v) is 13.3. The number of hydrogen-bond donors (Lipinski definition) is 1. The Morgan fingerprint density at radius 2 is 1.07 bits per heavy atom. The predicted octanol–water partition coefficient (Wildman–Crippen LogP) is 12.8. The molecular weight excluding hydrogens is 908 g/mol. The van der Waals surface area contributed by atoms with Crippen molar-refractivity contribution in [2.75, 3.05) is 0 Å². The van der Waals surface area contributed by atoms with Crippen LogP contribution in [0, 0.1) is 4.84 Å². The highest BCUT2D eigenvalue weighted by molar-refractivity contribution is 9.09. The molecule has 0 fully saturated rings. The average molecular weight is 935 g/mol. The molecule has 2 heterocycles. The van der Waals surface area contributed by atoms with Crippen molar-refractivity contribution in [1.82, 2.24) is 9.97 Å². The summed E-state index contributed by atoms with van der Waals surface area (Å²) in [6, 6.07) is 28.8. The van der Waals surface area contributed by atoms with Crippen molar-refractivity contribution < 1.29 is 8.83 Å². The highest BCUT2D eigenvalue weighted by Gasteiger charge is 2.07. The number of hydrogen-bond acceptors (Lipinski definition) is 5. The van der Waals surface area contributed by atoms with Gasteiger partial charge in [0.2, 0.25) is 0 Å². The quantitative estimate of drug-likeness (QED) is 0.0936. The van der Waals surface area contributed by atoms with Gasteiger partial charge < -0.3 is 13.8 Å². The molecule has 43 heavy (non-hydrogen) atoms. The Labute approximate surface area is 302 Å². The molecule has 0 radical (unpaired) electrons. The van der Waals surface area contributed by atoms with Gasteiger partial charge in [0.1, 0.15) is 5.52 Å². The first-order chi connectivity index (χ1) is 20.9. The molecule has 2 aromatic heterocycles. The number of aromatic nitrogens is 2. The summed E-state index contributed by atoms with van der Waals surface area (Å²) >= 11 is 23.8. The Morgan fingerprint density at radius 1 is 0.605 bits per heavy atom. The number of aromatic amines is 1. The number of thioether (sulfide) groups is 1. The average Bonchev–Trinajstić information content (AvgIpc) is 3.66. The molecule has 0 spiro atoms. The Balaban J connectivity index is 0.000000162. The normalized spacial score (nSPS) is 10.7. The highest BCUT2D eigenvalue weighted by atomic mass is 79.9. The second-order valence-electron chi connectivity index (χ2n) is 9.23. The first kappa shape index (κ1) is 34.7. The van der Waals surface area contributed by atoms with Crippen LogP contribution in [0.3, 0.4) is 0 Å². The van der Waals surface area contributed by atoms with Crippen molar-refractivity contribution in [3.05, 3.63) is 123 Å². The topological polar surface area (TPSA) is 55.0 Å². The van der Waals surface area contributed by atoms with Crippen molar-refractivity contribution in [2.24, 2.45) is 0 Å². The molecular formula is C32H27Br5N2O2S2. The number of nitrogens with one attached hydrogen (secondary N) is 1. The van der Waals surface area contributed by atoms with E-state index >= 15 is 0 Å². The zero-order valence-electron chi connectivity index (χ0n) is 22.8. The summed E-state index contributed by atoms with van der Waals surface area (Å²) in [4.78, 5) is 7.83. The monoisotopic (exact) mass is 930 g/mol. The largest absolute Gasteiger partial charge is 0.431 e. The lowest BCUT2D eigenvalue weighted by Crippen LogP contribution is -1.89. The molecule has 224 valence electrons. The van der Waals surface area contributed by atoms with Gasteiger partial charge in [-0.25, -0.2) is 4.98 Å². The van der Waals surface area contributed by atoms with Crippen LogP contribution < -0.4 is 0 Å². The predicted molar refractivity (Wildman–Crippen MR) is 201 cm³/mol. The summed E-state index contributed by atoms with van der Waals surface area (Å²) in [5, 5.41) is 5.24. The van der Waals surface area contributed by atoms with Crippen LogP contribution in [0.5, 0.6) is 0 Å². The third-order valence-corrected chi connectivity index (χ3v) is 10.3. The van der Waals surface area contributed by atoms with Crippen LogP contribution in [0.25, 0.3) is 22.2 Å². The van der Waals surface area contributed by atoms with Gasteiger partial charge in [0.15, 0.2) is 11.2 Å². The first-order valence-corrected chi connectivity index (χ1v) is 20.0. The maximum atomic E-state index is 5.74. The van der Waals surface area contributed by atoms with E-state index in [1.165, 1.54) is 33.4 Å². The minimum absolute atomic E-state index is 0.432. The Kier molecular flexibility index (Phi) is 14.6. The molecule has 0 saturated carbocycles. The summed E-state index contributed by atoms with van der Waals surface area (Å²) in [5.74, 6) is 0.855. The standard InChI is InChI=1S/C16H13Br2NOS.C9H9Br3.C7H5NOS/c17-8-11-5-12(9-18)7-13(6-11)10-21-16-19-14-3-1-2-4-15(14)20-16;10-4-7-1-8(5-11)3-9(2-7)6-12;10-7-8-5-3-1-2-4-6(5)9-7/h1-7H,8-10H2;1-3H,4-6H2;1-4H,(H,8,10). The molecule has 0 aliphatic heterocycles. The zero-order chi connectivity index (χ0) is 30.6. The smallest absolute Gasteiger partial charge is 0.266 e. The fraction of sp³-hybridized carbons (Fsp3) is 0.188. The maximum Gasteiger partial charge on any atom is 0.266 e. The molecule has 0 amide bonds. The van der Waals surface area contributed by atoms with Crippen molar-refractivity contribution in [3.8, 4) is 0 Å². The van der Waals surface area contributed by atoms with E-state index in [0.29, 0.717) is 4.84 Å². The fourth-order valence-electron chi connectivity index (χ4n) is 4.10. The molecule has 0 unspecified atom stereocenters. The van der Waals surface area contributed by atoms with Gasteiger partial charge in [-0.1, -0.05) is 152 Å². The third-order valence-electron chi connectivity index (χ3n) is 5.96. The Hall–Kier alpha value is -1.21. The number of H-pyrrole nitrogens is 1. The summed E-state index contributed by atoms with van der Waals surface area (Å²) < 4.78 is 10.9. The summed E-state index contributed by atoms with van der Waals surface area (Å²) in [5.41, 5.74) is 11.4. The molecule has 0 bridgehead atoms. The lowest BCUT2D eigenvalue weighted by molar-refractivity contribution is 0.489. The summed E-state index contributed by atoms with van der Waals surface area (Å²) in [7, 11) is 0. The number of para-hydroxylation sites is 4. The van der Waals surface area contributed by atoms with Crippen LogP contribution in [0.1, 0.15) is 33.4 Å². The van der Waals surface area contributed by atoms with Gasteiger partial charge in [0.25, 0.3) is 10.1 Å². The van der Waals surface area contributed by atoms with Crippen molar-refractivity contribution in [3.63, 3.8) is 0 Å². The Bertz CT molecular complexity index is 1670. The summed E-state index contributed by atoms with van der Waals surface area (Å²) in [6.07, 6.45) is 0. The van der Waals surface area contributed by atoms with Crippen LogP contribution in [-0.2, 0) is 32.4 Å². The van der Waals surface area contributed by atoms with Gasteiger partial charge in [-0.05, 0) is 69.9 Å². The Morgan fingerprint density at radius 3 is 1.56 bits per heavy atom. The lowest BCUT2D eigenvalue weighted by atomic mass is 10.1. The number of benzene rings is 4. The van der Waals surface area contributed by atoms with Crippen molar-refractivity contribution in [1.29, 1.82) is 0 Å². The molecule has 4 nitrogen and oxygen atoms in total. The molecule has 4 aromatic carbocycles. The lowest BCUT2D eigenvalue weighted by Gasteiger charge is -2.05. The van der Waals surface area contributed by atoms with E-state index in [-0.39, 0.29) is 0 Å². The molecule has 6 aromatic rings. The molecule has 0 aliphatic rings. The van der Waals surface area contributed by atoms with E-state index in [4.69, 9.17) is 21.1 Å². The van der Waals surface area contributed by atoms with Crippen LogP contribution in [0.4, 0.5) is 0 Å². The van der Waals surface area contributed by atoms with Crippen molar-refractivity contribution >= 4 is 126 Å². The maximum absolute atomic E-state index is 5.74. The number of oxazole rings is 2. The summed E-state index contributed by atoms with van der Waals surface area (Å²) in [6.45, 7) is 0. The number of halogens is 5. The molecule has 0 aliphatic carbocycles. The zero-order valence-corrected chi connectivity index (χ0v) is 32.4. The van der Waals surface area contributed by atoms with Crippen LogP contribution in [0.15, 0.2) is 99.0 Å². The van der Waals surface area contributed by atoms with E-state index in [0.717, 1.165) is 59.8 Å². The van der Waals surface area contributed by atoms with Gasteiger partial charge in [0.05, 0.1) is 5.52 Å². The third kappa shape index (κ3) is 10.7. The number of rotatable bonds is 8. The van der Waals surface area contributed by atoms with E-state index < -0.39 is 0 Å². The second kappa shape index (κ2) is 18.1. The molecule has 1 N–H and O–H groups in total. The fourth-order valence-corrected chi connectivity index (χ4v) is 6.69. The van der Waals surface area contributed by atoms with Gasteiger partial charge >= 0.3 is 0 Å². The number of alkyl halides is 5. The van der Waals surface area contributed by atoms with E-state index in [9.17, 15) is 0 Å². The molecule has 11 heteroatoms. The van der Waals surface area contributed by atoms with Gasteiger partial charge in [-0.2, -0.15) is 0 Å².